The fourth-order valence-corrected chi connectivity index (χ4v) is 6.57. The van der Waals surface area contributed by atoms with Crippen LogP contribution in [0.25, 0.3) is 0 Å². The molecule has 0 aromatic heterocycles. The van der Waals surface area contributed by atoms with Gasteiger partial charge in [-0.15, -0.1) is 11.8 Å². The highest BCUT2D eigenvalue weighted by Gasteiger charge is 2.24. The Kier molecular flexibility index (Phi) is 9.17. The molecule has 0 aliphatic carbocycles. The van der Waals surface area contributed by atoms with Crippen molar-refractivity contribution in [1.29, 1.82) is 0 Å². The molecule has 12 heteroatoms. The number of nitrogens with one attached hydrogen (secondary N) is 2. The number of rotatable bonds is 11. The van der Waals surface area contributed by atoms with Crippen molar-refractivity contribution in [2.75, 3.05) is 36.2 Å². The van der Waals surface area contributed by atoms with Gasteiger partial charge in [0.1, 0.15) is 11.4 Å². The third-order valence-corrected chi connectivity index (χ3v) is 9.40. The SMILES string of the molecule is COc1ccc2c(c1)CCN(c1ccc(C(=O)NS(=O)(=O)c3ccc(NCCSc4ccccc4)c([N+](=O)[O-])c3)cc1)C2. The zero-order chi connectivity index (χ0) is 30.4. The number of nitro groups is 1. The van der Waals surface area contributed by atoms with Gasteiger partial charge in [-0.25, -0.2) is 13.1 Å². The van der Waals surface area contributed by atoms with Gasteiger partial charge in [0.25, 0.3) is 21.6 Å². The largest absolute Gasteiger partial charge is 0.497 e. The van der Waals surface area contributed by atoms with Crippen LogP contribution in [0.15, 0.2) is 101 Å². The fourth-order valence-electron chi connectivity index (χ4n) is 4.79. The Morgan fingerprint density at radius 1 is 1.00 bits per heavy atom. The second-order valence-corrected chi connectivity index (χ2v) is 12.7. The monoisotopic (exact) mass is 618 g/mol. The summed E-state index contributed by atoms with van der Waals surface area (Å²) >= 11 is 1.59. The average molecular weight is 619 g/mol. The first kappa shape index (κ1) is 29.9. The van der Waals surface area contributed by atoms with E-state index in [9.17, 15) is 23.3 Å². The van der Waals surface area contributed by atoms with E-state index in [1.807, 2.05) is 53.3 Å². The van der Waals surface area contributed by atoms with E-state index in [2.05, 4.69) is 10.2 Å². The lowest BCUT2D eigenvalue weighted by atomic mass is 9.99. The van der Waals surface area contributed by atoms with E-state index in [1.165, 1.54) is 23.3 Å². The number of hydrogen-bond donors (Lipinski definition) is 2. The smallest absolute Gasteiger partial charge is 0.293 e. The molecule has 0 bridgehead atoms. The number of methoxy groups -OCH3 is 1. The highest BCUT2D eigenvalue weighted by Crippen LogP contribution is 2.29. The number of nitro benzene ring substituents is 1. The van der Waals surface area contributed by atoms with Gasteiger partial charge >= 0.3 is 0 Å². The molecule has 43 heavy (non-hydrogen) atoms. The summed E-state index contributed by atoms with van der Waals surface area (Å²) < 4.78 is 33.3. The number of hydrogen-bond acceptors (Lipinski definition) is 9. The van der Waals surface area contributed by atoms with Crippen molar-refractivity contribution in [3.05, 3.63) is 118 Å². The number of carbonyl (C=O) groups excluding carboxylic acids is 1. The lowest BCUT2D eigenvalue weighted by Gasteiger charge is -2.31. The van der Waals surface area contributed by atoms with Crippen LogP contribution < -0.4 is 19.7 Å². The molecule has 0 radical (unpaired) electrons. The highest BCUT2D eigenvalue weighted by molar-refractivity contribution is 7.99. The molecule has 0 saturated carbocycles. The molecule has 1 aliphatic heterocycles. The summed E-state index contributed by atoms with van der Waals surface area (Å²) in [6.07, 6.45) is 0.847. The Bertz CT molecular complexity index is 1730. The number of nitrogens with zero attached hydrogens (tertiary/aromatic N) is 2. The van der Waals surface area contributed by atoms with Crippen molar-refractivity contribution in [3.8, 4) is 5.75 Å². The molecule has 4 aromatic carbocycles. The minimum Gasteiger partial charge on any atom is -0.497 e. The first-order valence-electron chi connectivity index (χ1n) is 13.5. The van der Waals surface area contributed by atoms with Gasteiger partial charge in [0.05, 0.1) is 16.9 Å². The van der Waals surface area contributed by atoms with Crippen molar-refractivity contribution >= 4 is 44.8 Å². The van der Waals surface area contributed by atoms with E-state index >= 15 is 0 Å². The number of amides is 1. The van der Waals surface area contributed by atoms with Gasteiger partial charge in [-0.2, -0.15) is 0 Å². The first-order valence-corrected chi connectivity index (χ1v) is 16.0. The molecule has 5 rings (SSSR count). The van der Waals surface area contributed by atoms with Crippen molar-refractivity contribution in [1.82, 2.24) is 4.72 Å². The maximum atomic E-state index is 13.0. The number of anilines is 2. The van der Waals surface area contributed by atoms with Gasteiger partial charge in [-0.1, -0.05) is 24.3 Å². The summed E-state index contributed by atoms with van der Waals surface area (Å²) in [6, 6.07) is 26.0. The Balaban J connectivity index is 1.21. The molecule has 0 atom stereocenters. The number of sulfonamides is 1. The lowest BCUT2D eigenvalue weighted by molar-refractivity contribution is -0.384. The quantitative estimate of drug-likeness (QED) is 0.0970. The molecule has 0 unspecified atom stereocenters. The zero-order valence-electron chi connectivity index (χ0n) is 23.4. The van der Waals surface area contributed by atoms with Crippen molar-refractivity contribution < 1.29 is 22.9 Å². The Labute approximate surface area is 254 Å². The lowest BCUT2D eigenvalue weighted by Crippen LogP contribution is -2.31. The van der Waals surface area contributed by atoms with Crippen LogP contribution in [0.1, 0.15) is 21.5 Å². The van der Waals surface area contributed by atoms with E-state index in [0.717, 1.165) is 35.4 Å². The Morgan fingerprint density at radius 2 is 1.77 bits per heavy atom. The number of ether oxygens (including phenoxy) is 1. The molecule has 1 amide bonds. The molecule has 4 aromatic rings. The van der Waals surface area contributed by atoms with Crippen LogP contribution in [0.4, 0.5) is 17.1 Å². The third-order valence-electron chi connectivity index (χ3n) is 7.05. The van der Waals surface area contributed by atoms with Crippen LogP contribution >= 0.6 is 11.8 Å². The highest BCUT2D eigenvalue weighted by atomic mass is 32.2. The van der Waals surface area contributed by atoms with Crippen molar-refractivity contribution in [2.24, 2.45) is 0 Å². The molecular formula is C31H30N4O6S2. The van der Waals surface area contributed by atoms with Crippen LogP contribution in [0.2, 0.25) is 0 Å². The van der Waals surface area contributed by atoms with Gasteiger partial charge in [0.2, 0.25) is 0 Å². The summed E-state index contributed by atoms with van der Waals surface area (Å²) in [4.78, 5) is 26.8. The molecule has 10 nitrogen and oxygen atoms in total. The van der Waals surface area contributed by atoms with Crippen LogP contribution in [0.3, 0.4) is 0 Å². The van der Waals surface area contributed by atoms with E-state index in [0.29, 0.717) is 18.8 Å². The van der Waals surface area contributed by atoms with Crippen LogP contribution in [-0.4, -0.2) is 45.2 Å². The number of carbonyl (C=O) groups is 1. The molecule has 222 valence electrons. The average Bonchev–Trinajstić information content (AvgIpc) is 3.02. The minimum atomic E-state index is -4.37. The second kappa shape index (κ2) is 13.2. The van der Waals surface area contributed by atoms with Gasteiger partial charge in [-0.3, -0.25) is 14.9 Å². The van der Waals surface area contributed by atoms with Gasteiger partial charge in [0, 0.05) is 47.6 Å². The molecular weight excluding hydrogens is 588 g/mol. The summed E-state index contributed by atoms with van der Waals surface area (Å²) in [5.41, 5.74) is 3.29. The Morgan fingerprint density at radius 3 is 2.49 bits per heavy atom. The molecule has 1 aliphatic rings. The van der Waals surface area contributed by atoms with Crippen LogP contribution in [-0.2, 0) is 23.0 Å². The topological polar surface area (TPSA) is 131 Å². The normalized spacial score (nSPS) is 12.7. The Hall–Kier alpha value is -4.55. The fraction of sp³-hybridized carbons (Fsp3) is 0.194. The van der Waals surface area contributed by atoms with Crippen molar-refractivity contribution in [3.63, 3.8) is 0 Å². The van der Waals surface area contributed by atoms with Gasteiger partial charge in [0.15, 0.2) is 0 Å². The molecule has 0 fully saturated rings. The van der Waals surface area contributed by atoms with Gasteiger partial charge in [-0.05, 0) is 78.2 Å². The predicted molar refractivity (Wildman–Crippen MR) is 168 cm³/mol. The van der Waals surface area contributed by atoms with Crippen LogP contribution in [0, 0.1) is 10.1 Å². The maximum Gasteiger partial charge on any atom is 0.293 e. The third kappa shape index (κ3) is 7.27. The molecule has 2 N–H and O–H groups in total. The number of benzene rings is 4. The minimum absolute atomic E-state index is 0.151. The summed E-state index contributed by atoms with van der Waals surface area (Å²) in [5.74, 6) is 0.648. The van der Waals surface area contributed by atoms with E-state index in [4.69, 9.17) is 4.74 Å². The molecule has 1 heterocycles. The van der Waals surface area contributed by atoms with Crippen LogP contribution in [0.5, 0.6) is 5.75 Å². The van der Waals surface area contributed by atoms with Crippen molar-refractivity contribution in [2.45, 2.75) is 22.8 Å². The van der Waals surface area contributed by atoms with E-state index in [1.54, 1.807) is 43.1 Å². The standard InChI is InChI=1S/C31H30N4O6S2/c1-41-26-12-9-24-21-34(17-15-23(24)19-26)25-10-7-22(8-11-25)31(36)33-43(39,40)28-13-14-29(30(20-28)35(37)38)32-16-18-42-27-5-3-2-4-6-27/h2-14,19-20,32H,15-18,21H2,1H3,(H,33,36). The van der Waals surface area contributed by atoms with Gasteiger partial charge < -0.3 is 15.0 Å². The predicted octanol–water partition coefficient (Wildman–Crippen LogP) is 5.49. The molecule has 0 saturated heterocycles. The summed E-state index contributed by atoms with van der Waals surface area (Å²) in [5, 5.41) is 14.7. The zero-order valence-corrected chi connectivity index (χ0v) is 25.0. The molecule has 0 spiro atoms. The second-order valence-electron chi connectivity index (χ2n) is 9.81. The number of fused-ring (bicyclic) bond motifs is 1. The number of thioether (sulfide) groups is 1. The van der Waals surface area contributed by atoms with E-state index < -0.39 is 26.5 Å². The van der Waals surface area contributed by atoms with E-state index in [-0.39, 0.29) is 16.1 Å². The summed E-state index contributed by atoms with van der Waals surface area (Å²) in [6.45, 7) is 1.92. The maximum absolute atomic E-state index is 13.0. The first-order chi connectivity index (χ1) is 20.7. The summed E-state index contributed by atoms with van der Waals surface area (Å²) in [7, 11) is -2.72.